The SMILES string of the molecule is OCCC1(CNCC2Cc3cc(F)ccc3O2)CC1. The van der Waals surface area contributed by atoms with Gasteiger partial charge in [-0.2, -0.15) is 0 Å². The average Bonchev–Trinajstić information content (AvgIpc) is 3.01. The van der Waals surface area contributed by atoms with Gasteiger partial charge in [0.1, 0.15) is 17.7 Å². The zero-order valence-electron chi connectivity index (χ0n) is 11.0. The maximum absolute atomic E-state index is 13.1. The van der Waals surface area contributed by atoms with Gasteiger partial charge in [-0.3, -0.25) is 0 Å². The fraction of sp³-hybridized carbons (Fsp3) is 0.600. The largest absolute Gasteiger partial charge is 0.488 e. The molecule has 0 spiro atoms. The van der Waals surface area contributed by atoms with Gasteiger partial charge in [0.05, 0.1) is 0 Å². The van der Waals surface area contributed by atoms with Crippen molar-refractivity contribution in [2.45, 2.75) is 31.8 Å². The lowest BCUT2D eigenvalue weighted by atomic mass is 10.0. The smallest absolute Gasteiger partial charge is 0.123 e. The van der Waals surface area contributed by atoms with E-state index in [-0.39, 0.29) is 18.5 Å². The van der Waals surface area contributed by atoms with E-state index in [1.807, 2.05) is 0 Å². The van der Waals surface area contributed by atoms with E-state index in [2.05, 4.69) is 5.32 Å². The fourth-order valence-corrected chi connectivity index (χ4v) is 2.83. The quantitative estimate of drug-likeness (QED) is 0.825. The summed E-state index contributed by atoms with van der Waals surface area (Å²) in [4.78, 5) is 0. The molecule has 1 aromatic carbocycles. The highest BCUT2D eigenvalue weighted by Crippen LogP contribution is 2.47. The van der Waals surface area contributed by atoms with E-state index in [0.29, 0.717) is 5.41 Å². The molecule has 2 aliphatic rings. The van der Waals surface area contributed by atoms with Crippen LogP contribution in [-0.4, -0.2) is 30.9 Å². The van der Waals surface area contributed by atoms with Crippen LogP contribution in [0.4, 0.5) is 4.39 Å². The summed E-state index contributed by atoms with van der Waals surface area (Å²) in [7, 11) is 0. The number of aliphatic hydroxyl groups is 1. The van der Waals surface area contributed by atoms with Crippen LogP contribution in [0, 0.1) is 11.2 Å². The second kappa shape index (κ2) is 5.10. The molecule has 19 heavy (non-hydrogen) atoms. The van der Waals surface area contributed by atoms with Crippen molar-refractivity contribution in [1.82, 2.24) is 5.32 Å². The molecule has 1 aliphatic carbocycles. The molecular formula is C15H20FNO2. The molecule has 1 fully saturated rings. The summed E-state index contributed by atoms with van der Waals surface area (Å²) in [6, 6.07) is 4.71. The number of fused-ring (bicyclic) bond motifs is 1. The maximum atomic E-state index is 13.1. The molecule has 104 valence electrons. The average molecular weight is 265 g/mol. The molecule has 1 heterocycles. The molecule has 0 bridgehead atoms. The molecule has 1 unspecified atom stereocenters. The second-order valence-electron chi connectivity index (χ2n) is 5.80. The van der Waals surface area contributed by atoms with Gasteiger partial charge in [-0.15, -0.1) is 0 Å². The fourth-order valence-electron chi connectivity index (χ4n) is 2.83. The van der Waals surface area contributed by atoms with E-state index in [9.17, 15) is 4.39 Å². The van der Waals surface area contributed by atoms with Crippen molar-refractivity contribution in [2.75, 3.05) is 19.7 Å². The van der Waals surface area contributed by atoms with Crippen LogP contribution in [0.25, 0.3) is 0 Å². The van der Waals surface area contributed by atoms with Gasteiger partial charge in [-0.25, -0.2) is 4.39 Å². The first-order valence-corrected chi connectivity index (χ1v) is 6.97. The number of hydrogen-bond acceptors (Lipinski definition) is 3. The van der Waals surface area contributed by atoms with Crippen molar-refractivity contribution in [1.29, 1.82) is 0 Å². The van der Waals surface area contributed by atoms with E-state index in [1.165, 1.54) is 18.9 Å². The Morgan fingerprint density at radius 3 is 3.00 bits per heavy atom. The topological polar surface area (TPSA) is 41.5 Å². The van der Waals surface area contributed by atoms with E-state index in [0.717, 1.165) is 37.2 Å². The van der Waals surface area contributed by atoms with Gasteiger partial charge in [0.15, 0.2) is 0 Å². The van der Waals surface area contributed by atoms with Gasteiger partial charge in [0, 0.05) is 31.7 Å². The number of rotatable bonds is 6. The Labute approximate surface area is 112 Å². The van der Waals surface area contributed by atoms with Crippen LogP contribution in [-0.2, 0) is 6.42 Å². The van der Waals surface area contributed by atoms with Crippen molar-refractivity contribution < 1.29 is 14.2 Å². The predicted molar refractivity (Wildman–Crippen MR) is 70.8 cm³/mol. The zero-order valence-corrected chi connectivity index (χ0v) is 11.0. The third-order valence-corrected chi connectivity index (χ3v) is 4.24. The lowest BCUT2D eigenvalue weighted by Crippen LogP contribution is -2.34. The third-order valence-electron chi connectivity index (χ3n) is 4.24. The number of aliphatic hydroxyl groups excluding tert-OH is 1. The minimum Gasteiger partial charge on any atom is -0.488 e. The van der Waals surface area contributed by atoms with Crippen LogP contribution in [0.5, 0.6) is 5.75 Å². The number of halogens is 1. The maximum Gasteiger partial charge on any atom is 0.123 e. The lowest BCUT2D eigenvalue weighted by Gasteiger charge is -2.17. The summed E-state index contributed by atoms with van der Waals surface area (Å²) in [6.45, 7) is 1.99. The van der Waals surface area contributed by atoms with Crippen LogP contribution in [0.15, 0.2) is 18.2 Å². The van der Waals surface area contributed by atoms with Crippen molar-refractivity contribution in [3.05, 3.63) is 29.6 Å². The molecule has 1 aliphatic heterocycles. The normalized spacial score (nSPS) is 22.9. The van der Waals surface area contributed by atoms with E-state index in [1.54, 1.807) is 12.1 Å². The monoisotopic (exact) mass is 265 g/mol. The number of nitrogens with one attached hydrogen (secondary N) is 1. The highest BCUT2D eigenvalue weighted by molar-refractivity contribution is 5.37. The van der Waals surface area contributed by atoms with Gasteiger partial charge < -0.3 is 15.2 Å². The van der Waals surface area contributed by atoms with Crippen molar-refractivity contribution >= 4 is 0 Å². The molecule has 2 N–H and O–H groups in total. The standard InChI is InChI=1S/C15H20FNO2/c16-12-1-2-14-11(7-12)8-13(19-14)9-17-10-15(3-4-15)5-6-18/h1-2,7,13,17-18H,3-6,8-10H2. The molecular weight excluding hydrogens is 245 g/mol. The van der Waals surface area contributed by atoms with Crippen molar-refractivity contribution in [2.24, 2.45) is 5.41 Å². The van der Waals surface area contributed by atoms with Gasteiger partial charge in [0.2, 0.25) is 0 Å². The van der Waals surface area contributed by atoms with E-state index >= 15 is 0 Å². The first kappa shape index (κ1) is 12.9. The number of benzene rings is 1. The lowest BCUT2D eigenvalue weighted by molar-refractivity contribution is 0.214. The first-order valence-electron chi connectivity index (χ1n) is 6.97. The van der Waals surface area contributed by atoms with Crippen LogP contribution < -0.4 is 10.1 Å². The minimum atomic E-state index is -0.198. The number of hydrogen-bond donors (Lipinski definition) is 2. The predicted octanol–water partition coefficient (Wildman–Crippen LogP) is 1.88. The van der Waals surface area contributed by atoms with Gasteiger partial charge in [0.25, 0.3) is 0 Å². The molecule has 1 saturated carbocycles. The summed E-state index contributed by atoms with van der Waals surface area (Å²) in [5.74, 6) is 0.612. The summed E-state index contributed by atoms with van der Waals surface area (Å²) < 4.78 is 18.9. The molecule has 1 aromatic rings. The van der Waals surface area contributed by atoms with Crippen LogP contribution in [0.2, 0.25) is 0 Å². The third kappa shape index (κ3) is 2.90. The van der Waals surface area contributed by atoms with Crippen molar-refractivity contribution in [3.63, 3.8) is 0 Å². The Morgan fingerprint density at radius 2 is 2.26 bits per heavy atom. The molecule has 3 rings (SSSR count). The van der Waals surface area contributed by atoms with E-state index < -0.39 is 0 Å². The van der Waals surface area contributed by atoms with Crippen LogP contribution in [0.3, 0.4) is 0 Å². The molecule has 1 atom stereocenters. The zero-order chi connectivity index (χ0) is 13.3. The Kier molecular flexibility index (Phi) is 3.46. The van der Waals surface area contributed by atoms with Gasteiger partial charge >= 0.3 is 0 Å². The summed E-state index contributed by atoms with van der Waals surface area (Å²) in [5, 5.41) is 12.4. The highest BCUT2D eigenvalue weighted by Gasteiger charge is 2.41. The van der Waals surface area contributed by atoms with Crippen molar-refractivity contribution in [3.8, 4) is 5.75 Å². The highest BCUT2D eigenvalue weighted by atomic mass is 19.1. The molecule has 0 amide bonds. The van der Waals surface area contributed by atoms with Crippen LogP contribution >= 0.6 is 0 Å². The Morgan fingerprint density at radius 1 is 1.42 bits per heavy atom. The summed E-state index contributed by atoms with van der Waals surface area (Å²) in [5.41, 5.74) is 1.29. The molecule has 3 nitrogen and oxygen atoms in total. The Balaban J connectivity index is 1.46. The number of ether oxygens (including phenoxy) is 1. The molecule has 0 saturated heterocycles. The Bertz CT molecular complexity index is 459. The minimum absolute atomic E-state index is 0.0988. The molecule has 0 radical (unpaired) electrons. The summed E-state index contributed by atoms with van der Waals surface area (Å²) in [6.07, 6.45) is 4.17. The summed E-state index contributed by atoms with van der Waals surface area (Å²) >= 11 is 0. The molecule has 4 heteroatoms. The van der Waals surface area contributed by atoms with Crippen LogP contribution in [0.1, 0.15) is 24.8 Å². The van der Waals surface area contributed by atoms with E-state index in [4.69, 9.17) is 9.84 Å². The van der Waals surface area contributed by atoms with Gasteiger partial charge in [-0.05, 0) is 42.9 Å². The first-order chi connectivity index (χ1) is 9.21. The van der Waals surface area contributed by atoms with Gasteiger partial charge in [-0.1, -0.05) is 0 Å². The Hall–Kier alpha value is -1.13. The second-order valence-corrected chi connectivity index (χ2v) is 5.80. The molecule has 0 aromatic heterocycles.